The largest absolute Gasteiger partial charge is 0.390 e. The van der Waals surface area contributed by atoms with E-state index in [2.05, 4.69) is 9.98 Å². The fraction of sp³-hybridized carbons (Fsp3) is 0. The van der Waals surface area contributed by atoms with E-state index < -0.39 is 10.8 Å². The summed E-state index contributed by atoms with van der Waals surface area (Å²) in [6.45, 7) is 0. The summed E-state index contributed by atoms with van der Waals surface area (Å²) < 4.78 is 0. The second-order valence-corrected chi connectivity index (χ2v) is 2.87. The minimum atomic E-state index is -0.893. The van der Waals surface area contributed by atoms with E-state index in [4.69, 9.17) is 11.5 Å². The van der Waals surface area contributed by atoms with E-state index in [0.29, 0.717) is 5.69 Å². The molecule has 0 unspecified atom stereocenters. The summed E-state index contributed by atoms with van der Waals surface area (Å²) in [7, 11) is 0. The molecule has 1 aromatic rings. The highest BCUT2D eigenvalue weighted by Crippen LogP contribution is 2.23. The molecule has 88 valence electrons. The molecule has 0 aliphatic rings. The number of aliphatic imine (C=N–C) groups is 2. The third-order valence-electron chi connectivity index (χ3n) is 1.80. The topological polar surface area (TPSA) is 137 Å². The fourth-order valence-corrected chi connectivity index (χ4v) is 1.10. The van der Waals surface area contributed by atoms with Crippen LogP contribution in [0.4, 0.5) is 11.4 Å². The van der Waals surface area contributed by atoms with Crippen LogP contribution in [-0.4, -0.2) is 23.5 Å². The van der Waals surface area contributed by atoms with Gasteiger partial charge in [0.2, 0.25) is 0 Å². The first kappa shape index (κ1) is 12.3. The van der Waals surface area contributed by atoms with Crippen molar-refractivity contribution in [2.75, 3.05) is 0 Å². The van der Waals surface area contributed by atoms with Gasteiger partial charge in [-0.05, 0) is 12.1 Å². The molecule has 1 aromatic carbocycles. The number of nitrogens with zero attached hydrogens (tertiary/aromatic N) is 3. The van der Waals surface area contributed by atoms with Crippen LogP contribution in [0.25, 0.3) is 0 Å². The number of benzene rings is 1. The lowest BCUT2D eigenvalue weighted by Crippen LogP contribution is -2.13. The van der Waals surface area contributed by atoms with Crippen LogP contribution in [0.3, 0.4) is 0 Å². The van der Waals surface area contributed by atoms with Gasteiger partial charge in [-0.25, -0.2) is 9.98 Å². The van der Waals surface area contributed by atoms with Crippen LogP contribution >= 0.6 is 0 Å². The number of amides is 1. The number of rotatable bonds is 4. The Bertz CT molecular complexity index is 509. The highest BCUT2D eigenvalue weighted by Gasteiger charge is 2.18. The number of carbonyl (C=O) groups excluding carboxylic acids is 1. The van der Waals surface area contributed by atoms with Crippen LogP contribution in [0.15, 0.2) is 28.2 Å². The van der Waals surface area contributed by atoms with E-state index in [-0.39, 0.29) is 11.3 Å². The standard InChI is InChI=1S/C9H9N5O3/c10-4-12-5-13-6-1-2-8(14(16)17)7(3-6)9(11)15/h1-5H,(H2,11,15)(H2,10,12,13). The maximum atomic E-state index is 11.0. The van der Waals surface area contributed by atoms with Gasteiger partial charge in [0, 0.05) is 6.07 Å². The van der Waals surface area contributed by atoms with Gasteiger partial charge in [0.1, 0.15) is 11.9 Å². The molecule has 8 heteroatoms. The summed E-state index contributed by atoms with van der Waals surface area (Å²) >= 11 is 0. The minimum absolute atomic E-state index is 0.207. The third kappa shape index (κ3) is 3.09. The van der Waals surface area contributed by atoms with Gasteiger partial charge < -0.3 is 11.5 Å². The smallest absolute Gasteiger partial charge is 0.282 e. The van der Waals surface area contributed by atoms with E-state index in [1.165, 1.54) is 12.1 Å². The number of carbonyl (C=O) groups is 1. The molecule has 0 saturated carbocycles. The molecule has 0 atom stereocenters. The minimum Gasteiger partial charge on any atom is -0.390 e. The first-order valence-corrected chi connectivity index (χ1v) is 4.40. The summed E-state index contributed by atoms with van der Waals surface area (Å²) in [5.41, 5.74) is 9.77. The predicted molar refractivity (Wildman–Crippen MR) is 62.4 cm³/mol. The first-order valence-electron chi connectivity index (χ1n) is 4.40. The second kappa shape index (κ2) is 5.35. The van der Waals surface area contributed by atoms with Crippen molar-refractivity contribution in [3.05, 3.63) is 33.9 Å². The number of hydrogen-bond donors (Lipinski definition) is 2. The number of nitrogens with two attached hydrogens (primary N) is 2. The molecule has 0 spiro atoms. The molecule has 0 fully saturated rings. The average molecular weight is 235 g/mol. The lowest BCUT2D eigenvalue weighted by atomic mass is 10.1. The molecule has 0 heterocycles. The van der Waals surface area contributed by atoms with Gasteiger partial charge in [-0.2, -0.15) is 0 Å². The van der Waals surface area contributed by atoms with Gasteiger partial charge in [0.05, 0.1) is 16.9 Å². The van der Waals surface area contributed by atoms with Crippen LogP contribution in [0.5, 0.6) is 0 Å². The number of nitro benzene ring substituents is 1. The molecule has 0 saturated heterocycles. The van der Waals surface area contributed by atoms with Crippen molar-refractivity contribution in [2.45, 2.75) is 0 Å². The van der Waals surface area contributed by atoms with Gasteiger partial charge in [0.15, 0.2) is 0 Å². The van der Waals surface area contributed by atoms with Crippen molar-refractivity contribution in [1.82, 2.24) is 0 Å². The van der Waals surface area contributed by atoms with Gasteiger partial charge in [-0.15, -0.1) is 0 Å². The molecule has 8 nitrogen and oxygen atoms in total. The summed E-state index contributed by atoms with van der Waals surface area (Å²) in [5.74, 6) is -0.893. The Morgan fingerprint density at radius 2 is 2.18 bits per heavy atom. The molecule has 0 bridgehead atoms. The lowest BCUT2D eigenvalue weighted by Gasteiger charge is -1.99. The molecule has 0 aliphatic heterocycles. The average Bonchev–Trinajstić information content (AvgIpc) is 2.29. The van der Waals surface area contributed by atoms with Crippen LogP contribution in [0.1, 0.15) is 10.4 Å². The summed E-state index contributed by atoms with van der Waals surface area (Å²) in [5, 5.41) is 10.6. The van der Waals surface area contributed by atoms with E-state index in [9.17, 15) is 14.9 Å². The normalized spacial score (nSPS) is 11.1. The Labute approximate surface area is 95.8 Å². The zero-order chi connectivity index (χ0) is 12.8. The quantitative estimate of drug-likeness (QED) is 0.336. The van der Waals surface area contributed by atoms with Crippen LogP contribution in [0, 0.1) is 10.1 Å². The lowest BCUT2D eigenvalue weighted by molar-refractivity contribution is -0.385. The zero-order valence-electron chi connectivity index (χ0n) is 8.61. The molecule has 0 aromatic heterocycles. The predicted octanol–water partition coefficient (Wildman–Crippen LogP) is 0.340. The molecule has 4 N–H and O–H groups in total. The van der Waals surface area contributed by atoms with Gasteiger partial charge in [-0.3, -0.25) is 14.9 Å². The zero-order valence-corrected chi connectivity index (χ0v) is 8.61. The monoisotopic (exact) mass is 235 g/mol. The number of nitro groups is 1. The highest BCUT2D eigenvalue weighted by molar-refractivity contribution is 5.97. The van der Waals surface area contributed by atoms with Crippen molar-refractivity contribution in [1.29, 1.82) is 0 Å². The third-order valence-corrected chi connectivity index (χ3v) is 1.80. The van der Waals surface area contributed by atoms with Crippen LogP contribution in [0.2, 0.25) is 0 Å². The van der Waals surface area contributed by atoms with Gasteiger partial charge >= 0.3 is 0 Å². The van der Waals surface area contributed by atoms with Crippen LogP contribution in [-0.2, 0) is 0 Å². The fourth-order valence-electron chi connectivity index (χ4n) is 1.10. The maximum Gasteiger partial charge on any atom is 0.282 e. The molecule has 1 rings (SSSR count). The number of primary amides is 1. The summed E-state index contributed by atoms with van der Waals surface area (Å²) in [6.07, 6.45) is 2.18. The van der Waals surface area contributed by atoms with Crippen molar-refractivity contribution < 1.29 is 9.72 Å². The van der Waals surface area contributed by atoms with E-state index in [1.54, 1.807) is 0 Å². The Balaban J connectivity index is 3.19. The first-order chi connectivity index (χ1) is 8.06. The highest BCUT2D eigenvalue weighted by atomic mass is 16.6. The molecular weight excluding hydrogens is 226 g/mol. The second-order valence-electron chi connectivity index (χ2n) is 2.87. The Morgan fingerprint density at radius 3 is 2.71 bits per heavy atom. The number of hydrogen-bond acceptors (Lipinski definition) is 4. The van der Waals surface area contributed by atoms with Gasteiger partial charge in [-0.1, -0.05) is 0 Å². The van der Waals surface area contributed by atoms with Crippen molar-refractivity contribution in [3.8, 4) is 0 Å². The Morgan fingerprint density at radius 1 is 1.47 bits per heavy atom. The maximum absolute atomic E-state index is 11.0. The van der Waals surface area contributed by atoms with Crippen molar-refractivity contribution >= 4 is 30.0 Å². The van der Waals surface area contributed by atoms with E-state index >= 15 is 0 Å². The van der Waals surface area contributed by atoms with Crippen LogP contribution < -0.4 is 11.5 Å². The van der Waals surface area contributed by atoms with Crippen molar-refractivity contribution in [3.63, 3.8) is 0 Å². The molecule has 0 aliphatic carbocycles. The van der Waals surface area contributed by atoms with Crippen molar-refractivity contribution in [2.24, 2.45) is 21.5 Å². The Kier molecular flexibility index (Phi) is 3.87. The Hall–Kier alpha value is -2.77. The SMILES string of the molecule is NC=NC=Nc1ccc([N+](=O)[O-])c(C(N)=O)c1. The van der Waals surface area contributed by atoms with E-state index in [1.807, 2.05) is 0 Å². The summed E-state index contributed by atoms with van der Waals surface area (Å²) in [6, 6.07) is 3.73. The van der Waals surface area contributed by atoms with E-state index in [0.717, 1.165) is 18.7 Å². The molecular formula is C9H9N5O3. The summed E-state index contributed by atoms with van der Waals surface area (Å²) in [4.78, 5) is 28.3. The molecule has 17 heavy (non-hydrogen) atoms. The molecule has 0 radical (unpaired) electrons. The molecule has 1 amide bonds. The van der Waals surface area contributed by atoms with Gasteiger partial charge in [0.25, 0.3) is 11.6 Å².